The van der Waals surface area contributed by atoms with Gasteiger partial charge in [-0.05, 0) is 54.4 Å². The summed E-state index contributed by atoms with van der Waals surface area (Å²) in [5, 5.41) is 3.28. The number of rotatable bonds is 4. The Morgan fingerprint density at radius 1 is 1.43 bits per heavy atom. The van der Waals surface area contributed by atoms with E-state index in [1.165, 1.54) is 13.2 Å². The minimum absolute atomic E-state index is 0. The average molecular weight is 400 g/mol. The van der Waals surface area contributed by atoms with Gasteiger partial charge in [0.05, 0.1) is 12.0 Å². The lowest BCUT2D eigenvalue weighted by molar-refractivity contribution is 0.348. The van der Waals surface area contributed by atoms with Crippen LogP contribution >= 0.6 is 28.3 Å². The smallest absolute Gasteiger partial charge is 0.242 e. The lowest BCUT2D eigenvalue weighted by Crippen LogP contribution is -2.51. The minimum atomic E-state index is -3.57. The fourth-order valence-electron chi connectivity index (χ4n) is 2.28. The number of hydrogen-bond acceptors (Lipinski definition) is 4. The van der Waals surface area contributed by atoms with Crippen LogP contribution in [-0.2, 0) is 10.0 Å². The Morgan fingerprint density at radius 2 is 2.14 bits per heavy atom. The maximum atomic E-state index is 12.5. The van der Waals surface area contributed by atoms with Gasteiger partial charge in [0.2, 0.25) is 10.0 Å². The van der Waals surface area contributed by atoms with Crippen molar-refractivity contribution in [3.05, 3.63) is 22.7 Å². The van der Waals surface area contributed by atoms with E-state index in [9.17, 15) is 8.42 Å². The van der Waals surface area contributed by atoms with E-state index in [0.29, 0.717) is 10.2 Å². The number of nitrogens with one attached hydrogen (secondary N) is 2. The zero-order valence-electron chi connectivity index (χ0n) is 11.9. The van der Waals surface area contributed by atoms with Crippen molar-refractivity contribution in [2.24, 2.45) is 0 Å². The largest absolute Gasteiger partial charge is 0.497 e. The molecule has 0 aliphatic carbocycles. The number of methoxy groups -OCH3 is 1. The number of benzene rings is 1. The summed E-state index contributed by atoms with van der Waals surface area (Å²) in [6, 6.07) is 4.95. The number of piperidine rings is 1. The van der Waals surface area contributed by atoms with Crippen molar-refractivity contribution in [1.82, 2.24) is 10.0 Å². The molecule has 1 fully saturated rings. The zero-order valence-corrected chi connectivity index (χ0v) is 15.1. The van der Waals surface area contributed by atoms with E-state index in [2.05, 4.69) is 26.0 Å². The second-order valence-corrected chi connectivity index (χ2v) is 7.45. The van der Waals surface area contributed by atoms with Crippen LogP contribution in [0.2, 0.25) is 0 Å². The molecule has 0 amide bonds. The second-order valence-electron chi connectivity index (χ2n) is 4.91. The van der Waals surface area contributed by atoms with Gasteiger partial charge >= 0.3 is 0 Å². The monoisotopic (exact) mass is 398 g/mol. The summed E-state index contributed by atoms with van der Waals surface area (Å²) < 4.78 is 33.4. The highest BCUT2D eigenvalue weighted by atomic mass is 79.9. The highest BCUT2D eigenvalue weighted by molar-refractivity contribution is 9.10. The van der Waals surface area contributed by atoms with Crippen LogP contribution in [0.4, 0.5) is 0 Å². The van der Waals surface area contributed by atoms with Crippen LogP contribution in [0.25, 0.3) is 0 Å². The molecule has 0 radical (unpaired) electrons. The Hall–Kier alpha value is -0.340. The number of halogens is 2. The van der Waals surface area contributed by atoms with Crippen molar-refractivity contribution in [1.29, 1.82) is 0 Å². The number of hydrogen-bond donors (Lipinski definition) is 2. The maximum absolute atomic E-state index is 12.5. The van der Waals surface area contributed by atoms with Gasteiger partial charge in [-0.15, -0.1) is 12.4 Å². The van der Waals surface area contributed by atoms with Crippen molar-refractivity contribution in [3.8, 4) is 5.75 Å². The molecule has 0 aromatic heterocycles. The second kappa shape index (κ2) is 7.78. The van der Waals surface area contributed by atoms with Gasteiger partial charge in [0.25, 0.3) is 0 Å². The van der Waals surface area contributed by atoms with Crippen LogP contribution in [-0.4, -0.2) is 34.2 Å². The molecule has 0 saturated carbocycles. The van der Waals surface area contributed by atoms with E-state index >= 15 is 0 Å². The van der Waals surface area contributed by atoms with Crippen molar-refractivity contribution < 1.29 is 13.2 Å². The molecule has 0 bridgehead atoms. The molecule has 2 atom stereocenters. The molecule has 8 heteroatoms. The molecule has 1 aromatic rings. The van der Waals surface area contributed by atoms with E-state index in [1.807, 2.05) is 6.92 Å². The van der Waals surface area contributed by atoms with Crippen LogP contribution in [0, 0.1) is 0 Å². The first-order valence-electron chi connectivity index (χ1n) is 6.53. The normalized spacial score (nSPS) is 22.4. The Kier molecular flexibility index (Phi) is 6.93. The van der Waals surface area contributed by atoms with E-state index in [4.69, 9.17) is 4.74 Å². The molecule has 2 unspecified atom stereocenters. The van der Waals surface area contributed by atoms with Gasteiger partial charge < -0.3 is 10.1 Å². The Balaban J connectivity index is 0.00000220. The van der Waals surface area contributed by atoms with Gasteiger partial charge in [-0.25, -0.2) is 13.1 Å². The molecule has 2 N–H and O–H groups in total. The number of sulfonamides is 1. The minimum Gasteiger partial charge on any atom is -0.497 e. The molecule has 120 valence electrons. The summed E-state index contributed by atoms with van der Waals surface area (Å²) in [6.45, 7) is 2.93. The van der Waals surface area contributed by atoms with E-state index in [-0.39, 0.29) is 29.4 Å². The molecule has 5 nitrogen and oxygen atoms in total. The molecular formula is C13H20BrClN2O3S. The highest BCUT2D eigenvalue weighted by Crippen LogP contribution is 2.27. The molecular weight excluding hydrogens is 380 g/mol. The van der Waals surface area contributed by atoms with Gasteiger partial charge in [0.1, 0.15) is 5.75 Å². The first kappa shape index (κ1) is 18.7. The summed E-state index contributed by atoms with van der Waals surface area (Å²) in [6.07, 6.45) is 1.81. The topological polar surface area (TPSA) is 67.4 Å². The van der Waals surface area contributed by atoms with Gasteiger partial charge in [-0.3, -0.25) is 0 Å². The van der Waals surface area contributed by atoms with Crippen LogP contribution in [0.5, 0.6) is 5.75 Å². The third-order valence-corrected chi connectivity index (χ3v) is 5.98. The Labute approximate surface area is 140 Å². The van der Waals surface area contributed by atoms with Crippen LogP contribution < -0.4 is 14.8 Å². The van der Waals surface area contributed by atoms with E-state index in [1.54, 1.807) is 12.1 Å². The Bertz CT molecular complexity index is 583. The van der Waals surface area contributed by atoms with Crippen molar-refractivity contribution in [2.45, 2.75) is 36.7 Å². The SMILES string of the molecule is COc1ccc(Br)c(S(=O)(=O)NC2CCCNC2C)c1.Cl. The summed E-state index contributed by atoms with van der Waals surface area (Å²) in [5.41, 5.74) is 0. The molecule has 1 heterocycles. The highest BCUT2D eigenvalue weighted by Gasteiger charge is 2.27. The average Bonchev–Trinajstić information content (AvgIpc) is 2.41. The Morgan fingerprint density at radius 3 is 2.76 bits per heavy atom. The fourth-order valence-corrected chi connectivity index (χ4v) is 4.61. The van der Waals surface area contributed by atoms with Crippen LogP contribution in [0.3, 0.4) is 0 Å². The predicted molar refractivity (Wildman–Crippen MR) is 88.8 cm³/mol. The molecule has 1 saturated heterocycles. The third kappa shape index (κ3) is 4.56. The lowest BCUT2D eigenvalue weighted by atomic mass is 10.0. The standard InChI is InChI=1S/C13H19BrN2O3S.ClH/c1-9-12(4-3-7-15-9)16-20(17,18)13-8-10(19-2)5-6-11(13)14;/h5-6,8-9,12,15-16H,3-4,7H2,1-2H3;1H. The van der Waals surface area contributed by atoms with Crippen molar-refractivity contribution in [2.75, 3.05) is 13.7 Å². The van der Waals surface area contributed by atoms with E-state index in [0.717, 1.165) is 19.4 Å². The first-order chi connectivity index (χ1) is 9.44. The summed E-state index contributed by atoms with van der Waals surface area (Å²) in [5.74, 6) is 0.517. The molecule has 1 aliphatic heterocycles. The number of ether oxygens (including phenoxy) is 1. The molecule has 1 aliphatic rings. The van der Waals surface area contributed by atoms with Crippen molar-refractivity contribution in [3.63, 3.8) is 0 Å². The lowest BCUT2D eigenvalue weighted by Gasteiger charge is -2.30. The summed E-state index contributed by atoms with van der Waals surface area (Å²) in [4.78, 5) is 0.203. The van der Waals surface area contributed by atoms with Gasteiger partial charge in [-0.1, -0.05) is 0 Å². The molecule has 21 heavy (non-hydrogen) atoms. The molecule has 2 rings (SSSR count). The zero-order chi connectivity index (χ0) is 14.8. The first-order valence-corrected chi connectivity index (χ1v) is 8.81. The van der Waals surface area contributed by atoms with Crippen LogP contribution in [0.1, 0.15) is 19.8 Å². The van der Waals surface area contributed by atoms with Gasteiger partial charge in [-0.2, -0.15) is 0 Å². The fraction of sp³-hybridized carbons (Fsp3) is 0.538. The third-order valence-electron chi connectivity index (χ3n) is 3.50. The quantitative estimate of drug-likeness (QED) is 0.815. The van der Waals surface area contributed by atoms with E-state index < -0.39 is 10.0 Å². The van der Waals surface area contributed by atoms with Crippen LogP contribution in [0.15, 0.2) is 27.6 Å². The molecule has 1 aromatic carbocycles. The predicted octanol–water partition coefficient (Wildman–Crippen LogP) is 2.30. The summed E-state index contributed by atoms with van der Waals surface area (Å²) in [7, 11) is -2.06. The van der Waals surface area contributed by atoms with Gasteiger partial charge in [0.15, 0.2) is 0 Å². The van der Waals surface area contributed by atoms with Gasteiger partial charge in [0, 0.05) is 22.6 Å². The summed E-state index contributed by atoms with van der Waals surface area (Å²) >= 11 is 3.29. The van der Waals surface area contributed by atoms with Crippen molar-refractivity contribution >= 4 is 38.4 Å². The molecule has 0 spiro atoms. The maximum Gasteiger partial charge on any atom is 0.242 e.